The van der Waals surface area contributed by atoms with Crippen molar-refractivity contribution in [2.24, 2.45) is 0 Å². The second-order valence-electron chi connectivity index (χ2n) is 2.86. The Kier molecular flexibility index (Phi) is 2.32. The number of anilines is 2. The molecule has 2 aromatic heterocycles. The number of nitrogens with one attached hydrogen (secondary N) is 2. The molecule has 74 valence electrons. The average molecular weight is 210 g/mol. The third-order valence-corrected chi connectivity index (χ3v) is 2.46. The Labute approximate surface area is 84.7 Å². The van der Waals surface area contributed by atoms with E-state index in [9.17, 15) is 0 Å². The monoisotopic (exact) mass is 210 g/mol. The van der Waals surface area contributed by atoms with Gasteiger partial charge in [0, 0.05) is 23.3 Å². The summed E-state index contributed by atoms with van der Waals surface area (Å²) in [6.07, 6.45) is 3.60. The summed E-state index contributed by atoms with van der Waals surface area (Å²) in [6, 6.07) is 0.140. The van der Waals surface area contributed by atoms with Gasteiger partial charge in [0.1, 0.15) is 0 Å². The van der Waals surface area contributed by atoms with E-state index in [2.05, 4.69) is 24.9 Å². The molecule has 6 nitrogen and oxygen atoms in total. The smallest absolute Gasteiger partial charge is 0.233 e. The molecule has 0 aliphatic heterocycles. The Morgan fingerprint density at radius 2 is 2.50 bits per heavy atom. The predicted octanol–water partition coefficient (Wildman–Crippen LogP) is 1.02. The van der Waals surface area contributed by atoms with E-state index in [0.29, 0.717) is 5.95 Å². The molecule has 14 heavy (non-hydrogen) atoms. The zero-order valence-corrected chi connectivity index (χ0v) is 8.38. The molecule has 2 heterocycles. The van der Waals surface area contributed by atoms with Crippen molar-refractivity contribution in [3.05, 3.63) is 18.0 Å². The molecule has 4 N–H and O–H groups in total. The lowest BCUT2D eigenvalue weighted by Gasteiger charge is -2.08. The van der Waals surface area contributed by atoms with E-state index >= 15 is 0 Å². The van der Waals surface area contributed by atoms with Crippen LogP contribution in [0, 0.1) is 0 Å². The minimum atomic E-state index is 0.140. The maximum absolute atomic E-state index is 5.40. The van der Waals surface area contributed by atoms with Gasteiger partial charge in [0.15, 0.2) is 0 Å². The Bertz CT molecular complexity index is 394. The molecule has 1 atom stereocenters. The van der Waals surface area contributed by atoms with Gasteiger partial charge >= 0.3 is 0 Å². The van der Waals surface area contributed by atoms with Crippen molar-refractivity contribution in [3.63, 3.8) is 0 Å². The highest BCUT2D eigenvalue weighted by Gasteiger charge is 2.08. The van der Waals surface area contributed by atoms with Crippen molar-refractivity contribution in [1.82, 2.24) is 19.6 Å². The molecule has 0 spiro atoms. The summed E-state index contributed by atoms with van der Waals surface area (Å²) in [6.45, 7) is 2.02. The number of rotatable bonds is 3. The molecule has 0 bridgehead atoms. The van der Waals surface area contributed by atoms with Gasteiger partial charge in [0.25, 0.3) is 0 Å². The van der Waals surface area contributed by atoms with E-state index < -0.39 is 0 Å². The standard InChI is InChI=1S/C7H10N6S/c1-4(5-2-9-10-3-5)11-7-12-6(8)13-14-7/h2-4H,1H3,(H,9,10)(H3,8,11,12,13). The quantitative estimate of drug-likeness (QED) is 0.703. The number of nitrogen functional groups attached to an aromatic ring is 1. The highest BCUT2D eigenvalue weighted by atomic mass is 32.1. The lowest BCUT2D eigenvalue weighted by molar-refractivity contribution is 0.883. The van der Waals surface area contributed by atoms with Crippen LogP contribution in [0.2, 0.25) is 0 Å². The van der Waals surface area contributed by atoms with E-state index in [0.717, 1.165) is 10.7 Å². The molecule has 0 aromatic carbocycles. The third-order valence-electron chi connectivity index (χ3n) is 1.80. The van der Waals surface area contributed by atoms with Crippen LogP contribution in [-0.4, -0.2) is 19.6 Å². The summed E-state index contributed by atoms with van der Waals surface area (Å²) in [4.78, 5) is 4.00. The van der Waals surface area contributed by atoms with Crippen LogP contribution in [0.1, 0.15) is 18.5 Å². The largest absolute Gasteiger partial charge is 0.367 e. The maximum atomic E-state index is 5.40. The zero-order chi connectivity index (χ0) is 9.97. The minimum absolute atomic E-state index is 0.140. The number of hydrogen-bond acceptors (Lipinski definition) is 6. The van der Waals surface area contributed by atoms with Crippen molar-refractivity contribution in [2.75, 3.05) is 11.1 Å². The zero-order valence-electron chi connectivity index (χ0n) is 7.56. The number of hydrogen-bond donors (Lipinski definition) is 3. The van der Waals surface area contributed by atoms with E-state index in [1.165, 1.54) is 11.5 Å². The number of aromatic amines is 1. The van der Waals surface area contributed by atoms with Crippen molar-refractivity contribution in [1.29, 1.82) is 0 Å². The molecule has 0 radical (unpaired) electrons. The molecule has 0 fully saturated rings. The first-order chi connectivity index (χ1) is 6.75. The molecular weight excluding hydrogens is 200 g/mol. The Balaban J connectivity index is 2.05. The van der Waals surface area contributed by atoms with Gasteiger partial charge in [-0.15, -0.1) is 0 Å². The molecule has 0 amide bonds. The molecule has 0 aliphatic carbocycles. The number of H-pyrrole nitrogens is 1. The van der Waals surface area contributed by atoms with Gasteiger partial charge in [-0.1, -0.05) is 0 Å². The Morgan fingerprint density at radius 3 is 3.07 bits per heavy atom. The van der Waals surface area contributed by atoms with Crippen LogP contribution in [0.25, 0.3) is 0 Å². The molecule has 0 aliphatic rings. The number of aromatic nitrogens is 4. The summed E-state index contributed by atoms with van der Waals surface area (Å²) in [5.41, 5.74) is 6.47. The molecule has 7 heteroatoms. The predicted molar refractivity (Wildman–Crippen MR) is 54.9 cm³/mol. The fourth-order valence-corrected chi connectivity index (χ4v) is 1.64. The van der Waals surface area contributed by atoms with Crippen LogP contribution in [0.5, 0.6) is 0 Å². The summed E-state index contributed by atoms with van der Waals surface area (Å²) >= 11 is 1.25. The van der Waals surface area contributed by atoms with Gasteiger partial charge in [-0.2, -0.15) is 14.5 Å². The van der Waals surface area contributed by atoms with Crippen LogP contribution in [0.4, 0.5) is 11.1 Å². The SMILES string of the molecule is CC(Nc1nc(N)ns1)c1cn[nH]c1. The average Bonchev–Trinajstić information content (AvgIpc) is 2.75. The van der Waals surface area contributed by atoms with Crippen molar-refractivity contribution < 1.29 is 0 Å². The first-order valence-electron chi connectivity index (χ1n) is 4.10. The fourth-order valence-electron chi connectivity index (χ4n) is 1.06. The number of nitrogens with zero attached hydrogens (tertiary/aromatic N) is 3. The summed E-state index contributed by atoms with van der Waals surface area (Å²) in [7, 11) is 0. The van der Waals surface area contributed by atoms with Crippen LogP contribution >= 0.6 is 11.5 Å². The van der Waals surface area contributed by atoms with Gasteiger partial charge in [-0.05, 0) is 6.92 Å². The van der Waals surface area contributed by atoms with Crippen molar-refractivity contribution in [3.8, 4) is 0 Å². The third kappa shape index (κ3) is 1.82. The lowest BCUT2D eigenvalue weighted by Crippen LogP contribution is -2.05. The van der Waals surface area contributed by atoms with E-state index in [1.54, 1.807) is 6.20 Å². The second-order valence-corrected chi connectivity index (χ2v) is 3.61. The topological polar surface area (TPSA) is 92.5 Å². The van der Waals surface area contributed by atoms with Gasteiger partial charge in [0.05, 0.1) is 12.2 Å². The van der Waals surface area contributed by atoms with E-state index in [-0.39, 0.29) is 6.04 Å². The summed E-state index contributed by atoms with van der Waals surface area (Å²) < 4.78 is 3.87. The summed E-state index contributed by atoms with van der Waals surface area (Å²) in [5.74, 6) is 0.303. The second kappa shape index (κ2) is 3.62. The van der Waals surface area contributed by atoms with Gasteiger partial charge in [0.2, 0.25) is 11.1 Å². The normalized spacial score (nSPS) is 12.6. The molecule has 0 saturated carbocycles. The van der Waals surface area contributed by atoms with Crippen molar-refractivity contribution in [2.45, 2.75) is 13.0 Å². The first-order valence-corrected chi connectivity index (χ1v) is 4.87. The lowest BCUT2D eigenvalue weighted by atomic mass is 10.2. The molecule has 2 rings (SSSR count). The minimum Gasteiger partial charge on any atom is -0.367 e. The number of nitrogens with two attached hydrogens (primary N) is 1. The molecule has 0 saturated heterocycles. The van der Waals surface area contributed by atoms with Gasteiger partial charge in [-0.3, -0.25) is 5.10 Å². The maximum Gasteiger partial charge on any atom is 0.233 e. The van der Waals surface area contributed by atoms with Gasteiger partial charge < -0.3 is 11.1 Å². The Hall–Kier alpha value is -1.63. The first kappa shape index (κ1) is 8.95. The van der Waals surface area contributed by atoms with Crippen LogP contribution in [0.15, 0.2) is 12.4 Å². The molecular formula is C7H10N6S. The highest BCUT2D eigenvalue weighted by Crippen LogP contribution is 2.19. The van der Waals surface area contributed by atoms with Crippen LogP contribution < -0.4 is 11.1 Å². The summed E-state index contributed by atoms with van der Waals surface area (Å²) in [5, 5.41) is 10.5. The van der Waals surface area contributed by atoms with E-state index in [1.807, 2.05) is 13.1 Å². The van der Waals surface area contributed by atoms with Crippen molar-refractivity contribution >= 4 is 22.6 Å². The fraction of sp³-hybridized carbons (Fsp3) is 0.286. The van der Waals surface area contributed by atoms with E-state index in [4.69, 9.17) is 5.73 Å². The molecule has 2 aromatic rings. The van der Waals surface area contributed by atoms with Crippen LogP contribution in [0.3, 0.4) is 0 Å². The van der Waals surface area contributed by atoms with Gasteiger partial charge in [-0.25, -0.2) is 0 Å². The van der Waals surface area contributed by atoms with Crippen LogP contribution in [-0.2, 0) is 0 Å². The molecule has 1 unspecified atom stereocenters. The Morgan fingerprint density at radius 1 is 1.64 bits per heavy atom. The highest BCUT2D eigenvalue weighted by molar-refractivity contribution is 7.09.